The first-order valence-corrected chi connectivity index (χ1v) is 10.2. The zero-order valence-corrected chi connectivity index (χ0v) is 16.9. The van der Waals surface area contributed by atoms with E-state index in [2.05, 4.69) is 29.4 Å². The second kappa shape index (κ2) is 9.22. The Balaban J connectivity index is 1.79. The van der Waals surface area contributed by atoms with Crippen molar-refractivity contribution in [2.24, 2.45) is 11.8 Å². The number of amides is 1. The maximum atomic E-state index is 11.9. The standard InChI is InChI=1S/C20H39N3O2/c1-6-11-23-12-7-8-17(14-23)15(2)22-18(16-9-10-16)13-21-19(24)25-20(3,4)5/h15-18,22H,6-14H2,1-5H3,(H,21,24). The van der Waals surface area contributed by atoms with Crippen molar-refractivity contribution in [3.8, 4) is 0 Å². The number of carbonyl (C=O) groups excluding carboxylic acids is 1. The Hall–Kier alpha value is -0.810. The molecule has 5 nitrogen and oxygen atoms in total. The molecule has 1 aliphatic carbocycles. The summed E-state index contributed by atoms with van der Waals surface area (Å²) < 4.78 is 5.37. The lowest BCUT2D eigenvalue weighted by Crippen LogP contribution is -2.51. The van der Waals surface area contributed by atoms with Crippen LogP contribution in [0.3, 0.4) is 0 Å². The predicted molar refractivity (Wildman–Crippen MR) is 103 cm³/mol. The number of hydrogen-bond donors (Lipinski definition) is 2. The minimum Gasteiger partial charge on any atom is -0.444 e. The molecule has 1 saturated heterocycles. The van der Waals surface area contributed by atoms with Gasteiger partial charge in [-0.15, -0.1) is 0 Å². The minimum absolute atomic E-state index is 0.306. The van der Waals surface area contributed by atoms with E-state index in [9.17, 15) is 4.79 Å². The monoisotopic (exact) mass is 353 g/mol. The van der Waals surface area contributed by atoms with Gasteiger partial charge in [-0.3, -0.25) is 0 Å². The first-order valence-electron chi connectivity index (χ1n) is 10.2. The SMILES string of the molecule is CCCN1CCCC(C(C)NC(CNC(=O)OC(C)(C)C)C2CC2)C1. The van der Waals surface area contributed by atoms with Gasteiger partial charge in [-0.1, -0.05) is 6.92 Å². The fourth-order valence-electron chi connectivity index (χ4n) is 3.86. The van der Waals surface area contributed by atoms with Crippen molar-refractivity contribution in [3.63, 3.8) is 0 Å². The highest BCUT2D eigenvalue weighted by Gasteiger charge is 2.34. The molecule has 1 aliphatic heterocycles. The maximum Gasteiger partial charge on any atom is 0.407 e. The number of rotatable bonds is 8. The van der Waals surface area contributed by atoms with Gasteiger partial charge in [0.25, 0.3) is 0 Å². The van der Waals surface area contributed by atoms with Gasteiger partial charge in [-0.05, 0) is 84.7 Å². The number of hydrogen-bond acceptors (Lipinski definition) is 4. The molecule has 5 heteroatoms. The minimum atomic E-state index is -0.440. The van der Waals surface area contributed by atoms with Crippen molar-refractivity contribution in [3.05, 3.63) is 0 Å². The molecule has 3 unspecified atom stereocenters. The smallest absolute Gasteiger partial charge is 0.407 e. The van der Waals surface area contributed by atoms with Crippen molar-refractivity contribution in [1.29, 1.82) is 0 Å². The molecule has 0 spiro atoms. The summed E-state index contributed by atoms with van der Waals surface area (Å²) in [6.45, 7) is 14.6. The van der Waals surface area contributed by atoms with E-state index in [0.717, 1.165) is 0 Å². The van der Waals surface area contributed by atoms with Gasteiger partial charge < -0.3 is 20.3 Å². The predicted octanol–water partition coefficient (Wildman–Crippen LogP) is 3.39. The average molecular weight is 354 g/mol. The van der Waals surface area contributed by atoms with Crippen LogP contribution in [0.4, 0.5) is 4.79 Å². The molecule has 0 radical (unpaired) electrons. The van der Waals surface area contributed by atoms with Crippen LogP contribution in [-0.4, -0.2) is 54.9 Å². The molecule has 3 atom stereocenters. The average Bonchev–Trinajstić information content (AvgIpc) is 3.35. The number of nitrogens with one attached hydrogen (secondary N) is 2. The summed E-state index contributed by atoms with van der Waals surface area (Å²) in [5, 5.41) is 6.80. The fourth-order valence-corrected chi connectivity index (χ4v) is 3.86. The van der Waals surface area contributed by atoms with Crippen molar-refractivity contribution >= 4 is 6.09 Å². The zero-order chi connectivity index (χ0) is 18.4. The highest BCUT2D eigenvalue weighted by atomic mass is 16.6. The van der Waals surface area contributed by atoms with Crippen LogP contribution in [0.15, 0.2) is 0 Å². The first-order chi connectivity index (χ1) is 11.8. The number of likely N-dealkylation sites (tertiary alicyclic amines) is 1. The molecule has 2 aliphatic rings. The van der Waals surface area contributed by atoms with E-state index in [1.807, 2.05) is 20.8 Å². The molecule has 1 saturated carbocycles. The molecule has 25 heavy (non-hydrogen) atoms. The topological polar surface area (TPSA) is 53.6 Å². The normalized spacial score (nSPS) is 24.6. The molecule has 1 amide bonds. The van der Waals surface area contributed by atoms with Crippen LogP contribution >= 0.6 is 0 Å². The van der Waals surface area contributed by atoms with Crippen LogP contribution in [0.5, 0.6) is 0 Å². The summed E-state index contributed by atoms with van der Waals surface area (Å²) in [5.74, 6) is 1.41. The Labute approximate surface area is 154 Å². The molecule has 2 N–H and O–H groups in total. The summed E-state index contributed by atoms with van der Waals surface area (Å²) in [4.78, 5) is 14.5. The number of ether oxygens (including phenoxy) is 1. The maximum absolute atomic E-state index is 11.9. The Morgan fingerprint density at radius 2 is 1.96 bits per heavy atom. The van der Waals surface area contributed by atoms with Crippen molar-refractivity contribution in [2.75, 3.05) is 26.2 Å². The summed E-state index contributed by atoms with van der Waals surface area (Å²) in [5.41, 5.74) is -0.440. The largest absolute Gasteiger partial charge is 0.444 e. The summed E-state index contributed by atoms with van der Waals surface area (Å²) in [6, 6.07) is 0.856. The van der Waals surface area contributed by atoms with E-state index in [4.69, 9.17) is 4.74 Å². The third-order valence-corrected chi connectivity index (χ3v) is 5.32. The van der Waals surface area contributed by atoms with Crippen LogP contribution in [0.1, 0.15) is 66.7 Å². The Kier molecular flexibility index (Phi) is 7.56. The van der Waals surface area contributed by atoms with Crippen LogP contribution in [0, 0.1) is 11.8 Å². The lowest BCUT2D eigenvalue weighted by molar-refractivity contribution is 0.0518. The van der Waals surface area contributed by atoms with E-state index < -0.39 is 5.60 Å². The van der Waals surface area contributed by atoms with Gasteiger partial charge >= 0.3 is 6.09 Å². The van der Waals surface area contributed by atoms with Gasteiger partial charge in [0.1, 0.15) is 5.60 Å². The van der Waals surface area contributed by atoms with Crippen LogP contribution in [-0.2, 0) is 4.74 Å². The number of alkyl carbamates (subject to hydrolysis) is 1. The Morgan fingerprint density at radius 3 is 2.56 bits per heavy atom. The Bertz CT molecular complexity index is 416. The van der Waals surface area contributed by atoms with Gasteiger partial charge in [-0.25, -0.2) is 4.79 Å². The lowest BCUT2D eigenvalue weighted by Gasteiger charge is -2.37. The van der Waals surface area contributed by atoms with Gasteiger partial charge in [0.05, 0.1) is 0 Å². The molecule has 1 heterocycles. The lowest BCUT2D eigenvalue weighted by atomic mass is 9.90. The van der Waals surface area contributed by atoms with Gasteiger partial charge in [0, 0.05) is 25.2 Å². The van der Waals surface area contributed by atoms with Crippen LogP contribution in [0.2, 0.25) is 0 Å². The quantitative estimate of drug-likeness (QED) is 0.702. The van der Waals surface area contributed by atoms with E-state index in [-0.39, 0.29) is 6.09 Å². The third kappa shape index (κ3) is 7.53. The van der Waals surface area contributed by atoms with Crippen LogP contribution in [0.25, 0.3) is 0 Å². The fraction of sp³-hybridized carbons (Fsp3) is 0.950. The highest BCUT2D eigenvalue weighted by molar-refractivity contribution is 5.67. The molecule has 0 aromatic rings. The molecule has 146 valence electrons. The number of carbonyl (C=O) groups is 1. The Morgan fingerprint density at radius 1 is 1.24 bits per heavy atom. The molecular formula is C20H39N3O2. The zero-order valence-electron chi connectivity index (χ0n) is 16.9. The second-order valence-electron chi connectivity index (χ2n) is 8.98. The third-order valence-electron chi connectivity index (χ3n) is 5.32. The highest BCUT2D eigenvalue weighted by Crippen LogP contribution is 2.33. The van der Waals surface area contributed by atoms with Crippen molar-refractivity contribution in [2.45, 2.75) is 84.4 Å². The number of nitrogens with zero attached hydrogens (tertiary/aromatic N) is 1. The van der Waals surface area contributed by atoms with Crippen LogP contribution < -0.4 is 10.6 Å². The van der Waals surface area contributed by atoms with Gasteiger partial charge in [0.2, 0.25) is 0 Å². The second-order valence-corrected chi connectivity index (χ2v) is 8.98. The van der Waals surface area contributed by atoms with E-state index in [1.54, 1.807) is 0 Å². The molecule has 2 rings (SSSR count). The molecular weight excluding hydrogens is 314 g/mol. The summed E-state index contributed by atoms with van der Waals surface area (Å²) >= 11 is 0. The summed E-state index contributed by atoms with van der Waals surface area (Å²) in [6.07, 6.45) is 6.09. The molecule has 0 aromatic carbocycles. The molecule has 0 bridgehead atoms. The van der Waals surface area contributed by atoms with Crippen molar-refractivity contribution in [1.82, 2.24) is 15.5 Å². The van der Waals surface area contributed by atoms with Gasteiger partial charge in [0.15, 0.2) is 0 Å². The first kappa shape index (κ1) is 20.5. The molecule has 2 fully saturated rings. The van der Waals surface area contributed by atoms with E-state index in [1.165, 1.54) is 51.7 Å². The molecule has 0 aromatic heterocycles. The number of piperidine rings is 1. The van der Waals surface area contributed by atoms with E-state index >= 15 is 0 Å². The van der Waals surface area contributed by atoms with Gasteiger partial charge in [-0.2, -0.15) is 0 Å². The van der Waals surface area contributed by atoms with Crippen molar-refractivity contribution < 1.29 is 9.53 Å². The van der Waals surface area contributed by atoms with E-state index in [0.29, 0.717) is 30.5 Å². The summed E-state index contributed by atoms with van der Waals surface area (Å²) in [7, 11) is 0.